The number of halogens is 1. The van der Waals surface area contributed by atoms with Gasteiger partial charge in [0.05, 0.1) is 34.7 Å². The predicted octanol–water partition coefficient (Wildman–Crippen LogP) is 3.74. The molecule has 4 heterocycles. The molecular formula is C23H24ClN7O. The van der Waals surface area contributed by atoms with Crippen molar-refractivity contribution in [3.63, 3.8) is 0 Å². The van der Waals surface area contributed by atoms with Gasteiger partial charge in [0, 0.05) is 53.8 Å². The molecule has 5 rings (SSSR count). The van der Waals surface area contributed by atoms with Crippen LogP contribution in [-0.4, -0.2) is 49.8 Å². The minimum atomic E-state index is -0.203. The molecule has 1 aliphatic rings. The maximum atomic E-state index is 10.6. The number of aliphatic imine (C=N–C) groups is 1. The second-order valence-electron chi connectivity index (χ2n) is 8.50. The number of phenolic OH excluding ortho intramolecular Hbond substituents is 1. The van der Waals surface area contributed by atoms with Crippen LogP contribution in [0.2, 0.25) is 5.02 Å². The minimum absolute atomic E-state index is 0.0976. The van der Waals surface area contributed by atoms with Crippen LogP contribution < -0.4 is 10.6 Å². The van der Waals surface area contributed by atoms with E-state index in [1.165, 1.54) is 0 Å². The van der Waals surface area contributed by atoms with E-state index in [4.69, 9.17) is 17.3 Å². The highest BCUT2D eigenvalue weighted by Crippen LogP contribution is 2.35. The largest absolute Gasteiger partial charge is 0.507 e. The van der Waals surface area contributed by atoms with Crippen LogP contribution in [0.3, 0.4) is 0 Å². The number of anilines is 1. The zero-order valence-electron chi connectivity index (χ0n) is 18.1. The molecule has 1 aliphatic heterocycles. The zero-order valence-corrected chi connectivity index (χ0v) is 18.9. The summed E-state index contributed by atoms with van der Waals surface area (Å²) in [5, 5.41) is 17.1. The van der Waals surface area contributed by atoms with Gasteiger partial charge in [-0.3, -0.25) is 9.67 Å². The molecule has 1 unspecified atom stereocenters. The van der Waals surface area contributed by atoms with Crippen LogP contribution in [0.5, 0.6) is 5.75 Å². The van der Waals surface area contributed by atoms with E-state index >= 15 is 0 Å². The van der Waals surface area contributed by atoms with Gasteiger partial charge in [-0.05, 0) is 25.1 Å². The maximum absolute atomic E-state index is 10.6. The van der Waals surface area contributed by atoms with Crippen molar-refractivity contribution >= 4 is 44.9 Å². The first-order chi connectivity index (χ1) is 15.3. The number of nitrogens with zero attached hydrogens (tertiary/aromatic N) is 6. The smallest absolute Gasteiger partial charge is 0.161 e. The van der Waals surface area contributed by atoms with Crippen LogP contribution in [0.15, 0.2) is 41.7 Å². The number of aryl methyl sites for hydroxylation is 1. The number of hydrogen-bond acceptors (Lipinski definition) is 7. The van der Waals surface area contributed by atoms with Crippen molar-refractivity contribution in [3.8, 4) is 17.0 Å². The van der Waals surface area contributed by atoms with Crippen molar-refractivity contribution < 1.29 is 5.11 Å². The second-order valence-corrected chi connectivity index (χ2v) is 8.90. The quantitative estimate of drug-likeness (QED) is 0.483. The monoisotopic (exact) mass is 449 g/mol. The summed E-state index contributed by atoms with van der Waals surface area (Å²) < 4.78 is 1.71. The van der Waals surface area contributed by atoms with Gasteiger partial charge in [-0.15, -0.1) is 0 Å². The summed E-state index contributed by atoms with van der Waals surface area (Å²) in [6.45, 7) is 5.55. The van der Waals surface area contributed by atoms with E-state index in [1.807, 2.05) is 32.3 Å². The molecule has 0 fully saturated rings. The predicted molar refractivity (Wildman–Crippen MR) is 128 cm³/mol. The molecule has 0 saturated heterocycles. The van der Waals surface area contributed by atoms with Gasteiger partial charge in [0.2, 0.25) is 0 Å². The molecule has 164 valence electrons. The van der Waals surface area contributed by atoms with Crippen molar-refractivity contribution in [1.29, 1.82) is 0 Å². The number of nitrogens with two attached hydrogens (primary N) is 1. The molecule has 0 aliphatic carbocycles. The van der Waals surface area contributed by atoms with Gasteiger partial charge in [-0.25, -0.2) is 9.97 Å². The van der Waals surface area contributed by atoms with Gasteiger partial charge in [-0.2, -0.15) is 5.10 Å². The van der Waals surface area contributed by atoms with Crippen molar-refractivity contribution in [2.45, 2.75) is 20.0 Å². The third-order valence-electron chi connectivity index (χ3n) is 5.86. The number of rotatable bonds is 2. The number of aromatic nitrogens is 4. The van der Waals surface area contributed by atoms with E-state index in [0.29, 0.717) is 34.0 Å². The lowest BCUT2D eigenvalue weighted by atomic mass is 10.1. The molecule has 9 heteroatoms. The Balaban J connectivity index is 1.56. The summed E-state index contributed by atoms with van der Waals surface area (Å²) in [7, 11) is 1.84. The van der Waals surface area contributed by atoms with Crippen molar-refractivity contribution in [3.05, 3.63) is 41.7 Å². The fourth-order valence-corrected chi connectivity index (χ4v) is 4.41. The molecule has 0 spiro atoms. The summed E-state index contributed by atoms with van der Waals surface area (Å²) in [5.74, 6) is 0.310. The highest BCUT2D eigenvalue weighted by atomic mass is 35.5. The van der Waals surface area contributed by atoms with Crippen molar-refractivity contribution in [2.75, 3.05) is 18.0 Å². The van der Waals surface area contributed by atoms with Crippen molar-refractivity contribution in [1.82, 2.24) is 19.7 Å². The number of benzene rings is 1. The molecule has 3 N–H and O–H groups in total. The first kappa shape index (κ1) is 20.7. The molecule has 8 nitrogen and oxygen atoms in total. The molecule has 0 amide bonds. The van der Waals surface area contributed by atoms with E-state index < -0.39 is 0 Å². The maximum Gasteiger partial charge on any atom is 0.161 e. The highest BCUT2D eigenvalue weighted by Gasteiger charge is 2.22. The van der Waals surface area contributed by atoms with Gasteiger partial charge in [0.25, 0.3) is 0 Å². The van der Waals surface area contributed by atoms with Crippen LogP contribution >= 0.6 is 11.6 Å². The fraction of sp³-hybridized carbons (Fsp3) is 0.304. The minimum Gasteiger partial charge on any atom is -0.507 e. The number of hydrogen-bond donors (Lipinski definition) is 2. The van der Waals surface area contributed by atoms with Gasteiger partial charge in [0.1, 0.15) is 11.9 Å². The Morgan fingerprint density at radius 2 is 2.03 bits per heavy atom. The first-order valence-electron chi connectivity index (χ1n) is 10.5. The molecule has 0 saturated carbocycles. The Bertz CT molecular complexity index is 1380. The Hall–Kier alpha value is -3.23. The zero-order chi connectivity index (χ0) is 22.6. The lowest BCUT2D eigenvalue weighted by molar-refractivity contribution is 0.478. The number of phenols is 1. The molecule has 4 aromatic rings. The molecule has 2 atom stereocenters. The molecule has 3 aromatic heterocycles. The van der Waals surface area contributed by atoms with Crippen LogP contribution in [0, 0.1) is 5.92 Å². The third kappa shape index (κ3) is 3.65. The molecule has 32 heavy (non-hydrogen) atoms. The molecule has 1 aromatic carbocycles. The van der Waals surface area contributed by atoms with Crippen molar-refractivity contribution in [2.24, 2.45) is 23.7 Å². The van der Waals surface area contributed by atoms with Gasteiger partial charge >= 0.3 is 0 Å². The standard InChI is InChI=1S/C23H24ClN7O/c1-12-9-31(10-13(2)27-22(12)25)15-5-16-18(24)6-20(28-23(16)26-8-15)17-4-14-11-30(3)29-19(14)7-21(17)32/h4-8,11-12,22,32H,9-10,25H2,1-3H3/t12-,22?/m0/s1. The van der Waals surface area contributed by atoms with E-state index in [2.05, 4.69) is 31.9 Å². The normalized spacial score (nSPS) is 19.4. The van der Waals surface area contributed by atoms with Crippen LogP contribution in [0.4, 0.5) is 5.69 Å². The van der Waals surface area contributed by atoms with Crippen LogP contribution in [0.25, 0.3) is 33.2 Å². The summed E-state index contributed by atoms with van der Waals surface area (Å²) in [5.41, 5.74) is 10.5. The van der Waals surface area contributed by atoms with Gasteiger partial charge in [0.15, 0.2) is 5.65 Å². The number of fused-ring (bicyclic) bond motifs is 2. The molecular weight excluding hydrogens is 426 g/mol. The Kier molecular flexibility index (Phi) is 4.98. The SMILES string of the molecule is CC1=NC(N)[C@@H](C)CN(c2cnc3nc(-c4cc5cn(C)nc5cc4O)cc(Cl)c3c2)C1. The Labute approximate surface area is 190 Å². The highest BCUT2D eigenvalue weighted by molar-refractivity contribution is 6.35. The number of aromatic hydroxyl groups is 1. The summed E-state index contributed by atoms with van der Waals surface area (Å²) in [6, 6.07) is 7.26. The summed E-state index contributed by atoms with van der Waals surface area (Å²) in [6.07, 6.45) is 3.49. The summed E-state index contributed by atoms with van der Waals surface area (Å²) >= 11 is 6.67. The average molecular weight is 450 g/mol. The van der Waals surface area contributed by atoms with Gasteiger partial charge in [-0.1, -0.05) is 18.5 Å². The van der Waals surface area contributed by atoms with Crippen LogP contribution in [-0.2, 0) is 7.05 Å². The average Bonchev–Trinajstić information content (AvgIpc) is 3.04. The van der Waals surface area contributed by atoms with E-state index in [9.17, 15) is 5.11 Å². The fourth-order valence-electron chi connectivity index (χ4n) is 4.17. The van der Waals surface area contributed by atoms with E-state index in [1.54, 1.807) is 23.0 Å². The third-order valence-corrected chi connectivity index (χ3v) is 6.17. The molecule has 0 radical (unpaired) electrons. The molecule has 0 bridgehead atoms. The second kappa shape index (κ2) is 7.72. The van der Waals surface area contributed by atoms with E-state index in [0.717, 1.165) is 28.7 Å². The topological polar surface area (TPSA) is 105 Å². The Morgan fingerprint density at radius 1 is 1.22 bits per heavy atom. The van der Waals surface area contributed by atoms with E-state index in [-0.39, 0.29) is 17.8 Å². The van der Waals surface area contributed by atoms with Crippen LogP contribution in [0.1, 0.15) is 13.8 Å². The Morgan fingerprint density at radius 3 is 2.84 bits per heavy atom. The number of pyridine rings is 2. The lowest BCUT2D eigenvalue weighted by Crippen LogP contribution is -2.35. The first-order valence-corrected chi connectivity index (χ1v) is 10.8. The van der Waals surface area contributed by atoms with Gasteiger partial charge < -0.3 is 15.7 Å². The summed E-state index contributed by atoms with van der Waals surface area (Å²) in [4.78, 5) is 16.0. The lowest BCUT2D eigenvalue weighted by Gasteiger charge is -2.26.